The van der Waals surface area contributed by atoms with E-state index in [0.717, 1.165) is 22.3 Å². The van der Waals surface area contributed by atoms with Crippen LogP contribution in [0.1, 0.15) is 18.5 Å². The van der Waals surface area contributed by atoms with Crippen LogP contribution in [0.25, 0.3) is 10.9 Å². The van der Waals surface area contributed by atoms with Gasteiger partial charge in [0.15, 0.2) is 0 Å². The monoisotopic (exact) mass is 219 g/mol. The number of nitrogens with zero attached hydrogens (tertiary/aromatic N) is 2. The Bertz CT molecular complexity index is 504. The Balaban J connectivity index is 2.74. The van der Waals surface area contributed by atoms with Gasteiger partial charge in [-0.15, -0.1) is 0 Å². The third kappa shape index (κ3) is 1.55. The largest absolute Gasteiger partial charge is 0.496 e. The smallest absolute Gasteiger partial charge is 0.130 e. The summed E-state index contributed by atoms with van der Waals surface area (Å²) in [6.07, 6.45) is 0. The lowest BCUT2D eigenvalue weighted by molar-refractivity contribution is 0.419. The zero-order valence-corrected chi connectivity index (χ0v) is 9.90. The highest BCUT2D eigenvalue weighted by Crippen LogP contribution is 2.31. The van der Waals surface area contributed by atoms with Gasteiger partial charge >= 0.3 is 0 Å². The van der Waals surface area contributed by atoms with Crippen molar-refractivity contribution in [2.45, 2.75) is 12.8 Å². The number of aromatic nitrogens is 2. The van der Waals surface area contributed by atoms with Crippen molar-refractivity contribution in [3.63, 3.8) is 0 Å². The number of aryl methyl sites for hydroxylation is 1. The van der Waals surface area contributed by atoms with Crippen LogP contribution in [0.3, 0.4) is 0 Å². The van der Waals surface area contributed by atoms with Crippen LogP contribution in [0.4, 0.5) is 0 Å². The molecule has 4 nitrogen and oxygen atoms in total. The van der Waals surface area contributed by atoms with Crippen LogP contribution >= 0.6 is 0 Å². The molecule has 4 heteroatoms. The van der Waals surface area contributed by atoms with Gasteiger partial charge in [-0.05, 0) is 12.1 Å². The van der Waals surface area contributed by atoms with Gasteiger partial charge in [-0.2, -0.15) is 5.10 Å². The molecule has 0 fully saturated rings. The molecule has 0 aliphatic heterocycles. The maximum absolute atomic E-state index is 5.71. The molecule has 0 bridgehead atoms. The molecule has 0 amide bonds. The highest BCUT2D eigenvalue weighted by molar-refractivity contribution is 5.88. The first-order valence-corrected chi connectivity index (χ1v) is 5.38. The molecular weight excluding hydrogens is 202 g/mol. The van der Waals surface area contributed by atoms with Crippen LogP contribution in [0.15, 0.2) is 18.2 Å². The summed E-state index contributed by atoms with van der Waals surface area (Å²) in [7, 11) is 3.62. The number of rotatable bonds is 3. The molecule has 86 valence electrons. The summed E-state index contributed by atoms with van der Waals surface area (Å²) in [5, 5.41) is 5.60. The number of ether oxygens (including phenoxy) is 1. The average Bonchev–Trinajstić information content (AvgIpc) is 2.66. The average molecular weight is 219 g/mol. The van der Waals surface area contributed by atoms with Crippen LogP contribution < -0.4 is 10.5 Å². The van der Waals surface area contributed by atoms with E-state index in [-0.39, 0.29) is 5.92 Å². The van der Waals surface area contributed by atoms with Crippen LogP contribution in [-0.4, -0.2) is 23.4 Å². The van der Waals surface area contributed by atoms with Crippen molar-refractivity contribution in [3.05, 3.63) is 23.9 Å². The Labute approximate surface area is 95.0 Å². The summed E-state index contributed by atoms with van der Waals surface area (Å²) in [5.41, 5.74) is 7.80. The second-order valence-electron chi connectivity index (χ2n) is 4.00. The maximum atomic E-state index is 5.71. The van der Waals surface area contributed by atoms with E-state index in [0.29, 0.717) is 6.54 Å². The molecule has 1 aromatic carbocycles. The fourth-order valence-electron chi connectivity index (χ4n) is 1.94. The normalized spacial score (nSPS) is 13.0. The van der Waals surface area contributed by atoms with Gasteiger partial charge in [0.2, 0.25) is 0 Å². The van der Waals surface area contributed by atoms with E-state index in [1.54, 1.807) is 7.11 Å². The van der Waals surface area contributed by atoms with Gasteiger partial charge in [0, 0.05) is 19.5 Å². The number of nitrogens with two attached hydrogens (primary N) is 1. The summed E-state index contributed by atoms with van der Waals surface area (Å²) in [6.45, 7) is 2.67. The molecule has 2 rings (SSSR count). The Morgan fingerprint density at radius 3 is 2.88 bits per heavy atom. The Morgan fingerprint density at radius 2 is 2.25 bits per heavy atom. The van der Waals surface area contributed by atoms with E-state index in [1.165, 1.54) is 0 Å². The predicted octanol–water partition coefficient (Wildman–Crippen LogP) is 1.64. The lowest BCUT2D eigenvalue weighted by Gasteiger charge is -2.07. The first-order chi connectivity index (χ1) is 7.69. The molecule has 0 radical (unpaired) electrons. The summed E-state index contributed by atoms with van der Waals surface area (Å²) in [5.74, 6) is 1.10. The Hall–Kier alpha value is -1.55. The fourth-order valence-corrected chi connectivity index (χ4v) is 1.94. The molecule has 2 aromatic rings. The zero-order chi connectivity index (χ0) is 11.7. The lowest BCUT2D eigenvalue weighted by Crippen LogP contribution is -2.10. The molecule has 2 N–H and O–H groups in total. The molecule has 1 unspecified atom stereocenters. The number of methoxy groups -OCH3 is 1. The molecule has 0 saturated carbocycles. The zero-order valence-electron chi connectivity index (χ0n) is 9.90. The third-order valence-corrected chi connectivity index (χ3v) is 2.91. The Morgan fingerprint density at radius 1 is 1.50 bits per heavy atom. The molecular formula is C12H17N3O. The maximum Gasteiger partial charge on any atom is 0.130 e. The second kappa shape index (κ2) is 4.14. The van der Waals surface area contributed by atoms with Crippen molar-refractivity contribution in [2.24, 2.45) is 12.8 Å². The molecule has 0 aliphatic rings. The van der Waals surface area contributed by atoms with Crippen molar-refractivity contribution in [1.82, 2.24) is 9.78 Å². The van der Waals surface area contributed by atoms with Gasteiger partial charge in [0.1, 0.15) is 5.75 Å². The standard InChI is InChI=1S/C12H17N3O/c1-8(7-13)12-11-9(15(2)14-12)5-4-6-10(11)16-3/h4-6,8H,7,13H2,1-3H3. The predicted molar refractivity (Wildman–Crippen MR) is 64.7 cm³/mol. The fraction of sp³-hybridized carbons (Fsp3) is 0.417. The minimum absolute atomic E-state index is 0.236. The number of hydrogen-bond donors (Lipinski definition) is 1. The van der Waals surface area contributed by atoms with Crippen molar-refractivity contribution in [2.75, 3.05) is 13.7 Å². The SMILES string of the molecule is COc1cccc2c1c(C(C)CN)nn2C. The van der Waals surface area contributed by atoms with E-state index in [9.17, 15) is 0 Å². The first kappa shape index (κ1) is 11.0. The highest BCUT2D eigenvalue weighted by atomic mass is 16.5. The summed E-state index contributed by atoms with van der Waals surface area (Å²) in [4.78, 5) is 0. The molecule has 1 aromatic heterocycles. The van der Waals surface area contributed by atoms with Crippen molar-refractivity contribution >= 4 is 10.9 Å². The van der Waals surface area contributed by atoms with E-state index in [1.807, 2.05) is 29.9 Å². The van der Waals surface area contributed by atoms with E-state index in [4.69, 9.17) is 10.5 Å². The number of benzene rings is 1. The van der Waals surface area contributed by atoms with Crippen molar-refractivity contribution < 1.29 is 4.74 Å². The number of fused-ring (bicyclic) bond motifs is 1. The quantitative estimate of drug-likeness (QED) is 0.853. The minimum Gasteiger partial charge on any atom is -0.496 e. The van der Waals surface area contributed by atoms with Crippen LogP contribution in [-0.2, 0) is 7.05 Å². The van der Waals surface area contributed by atoms with E-state index < -0.39 is 0 Å². The van der Waals surface area contributed by atoms with Gasteiger partial charge < -0.3 is 10.5 Å². The molecule has 0 saturated heterocycles. The topological polar surface area (TPSA) is 53.1 Å². The minimum atomic E-state index is 0.236. The summed E-state index contributed by atoms with van der Waals surface area (Å²) >= 11 is 0. The van der Waals surface area contributed by atoms with E-state index >= 15 is 0 Å². The number of hydrogen-bond acceptors (Lipinski definition) is 3. The highest BCUT2D eigenvalue weighted by Gasteiger charge is 2.17. The van der Waals surface area contributed by atoms with Crippen LogP contribution in [0, 0.1) is 0 Å². The summed E-state index contributed by atoms with van der Waals surface area (Å²) in [6, 6.07) is 5.97. The molecule has 0 spiro atoms. The van der Waals surface area contributed by atoms with Gasteiger partial charge in [-0.3, -0.25) is 4.68 Å². The summed E-state index contributed by atoms with van der Waals surface area (Å²) < 4.78 is 7.26. The third-order valence-electron chi connectivity index (χ3n) is 2.91. The van der Waals surface area contributed by atoms with Gasteiger partial charge in [-0.25, -0.2) is 0 Å². The van der Waals surface area contributed by atoms with Crippen LogP contribution in [0.5, 0.6) is 5.75 Å². The molecule has 1 heterocycles. The van der Waals surface area contributed by atoms with Gasteiger partial charge in [-0.1, -0.05) is 13.0 Å². The van der Waals surface area contributed by atoms with Gasteiger partial charge in [0.25, 0.3) is 0 Å². The lowest BCUT2D eigenvalue weighted by atomic mass is 10.0. The van der Waals surface area contributed by atoms with Gasteiger partial charge in [0.05, 0.1) is 23.7 Å². The first-order valence-electron chi connectivity index (χ1n) is 5.38. The van der Waals surface area contributed by atoms with Crippen LogP contribution in [0.2, 0.25) is 0 Å². The Kier molecular flexibility index (Phi) is 2.83. The van der Waals surface area contributed by atoms with Crippen molar-refractivity contribution in [3.8, 4) is 5.75 Å². The second-order valence-corrected chi connectivity index (χ2v) is 4.00. The van der Waals surface area contributed by atoms with Crippen molar-refractivity contribution in [1.29, 1.82) is 0 Å². The molecule has 1 atom stereocenters. The molecule has 16 heavy (non-hydrogen) atoms. The molecule has 0 aliphatic carbocycles. The van der Waals surface area contributed by atoms with E-state index in [2.05, 4.69) is 12.0 Å².